The van der Waals surface area contributed by atoms with Crippen molar-refractivity contribution in [2.75, 3.05) is 18.5 Å². The molecule has 0 aliphatic carbocycles. The molecule has 168 valence electrons. The molecule has 0 bridgehead atoms. The maximum atomic E-state index is 15.1. The van der Waals surface area contributed by atoms with Crippen LogP contribution in [-0.2, 0) is 25.6 Å². The number of nitrogens with one attached hydrogen (secondary N) is 1. The van der Waals surface area contributed by atoms with Crippen LogP contribution in [0.2, 0.25) is 0 Å². The summed E-state index contributed by atoms with van der Waals surface area (Å²) in [6.45, 7) is 5.88. The van der Waals surface area contributed by atoms with E-state index in [9.17, 15) is 4.79 Å². The SMILES string of the molecule is CC(C)(C)C(=O)Nc1cc(OC2CCCCO2)c(F)c(COC2CCCCO2)c1F. The molecule has 1 aromatic rings. The van der Waals surface area contributed by atoms with Crippen molar-refractivity contribution < 1.29 is 32.5 Å². The number of amides is 1. The molecule has 2 fully saturated rings. The first-order valence-corrected chi connectivity index (χ1v) is 10.6. The van der Waals surface area contributed by atoms with Crippen LogP contribution in [0, 0.1) is 17.0 Å². The fourth-order valence-corrected chi connectivity index (χ4v) is 3.24. The second-order valence-corrected chi connectivity index (χ2v) is 8.75. The van der Waals surface area contributed by atoms with E-state index in [4.69, 9.17) is 18.9 Å². The number of carbonyl (C=O) groups is 1. The minimum absolute atomic E-state index is 0.148. The van der Waals surface area contributed by atoms with E-state index in [1.165, 1.54) is 6.07 Å². The first-order chi connectivity index (χ1) is 14.3. The second kappa shape index (κ2) is 10.0. The molecule has 0 saturated carbocycles. The normalized spacial score (nSPS) is 22.6. The smallest absolute Gasteiger partial charge is 0.229 e. The predicted molar refractivity (Wildman–Crippen MR) is 107 cm³/mol. The minimum atomic E-state index is -0.877. The zero-order valence-electron chi connectivity index (χ0n) is 17.9. The third-order valence-corrected chi connectivity index (χ3v) is 5.14. The molecule has 2 aliphatic heterocycles. The zero-order valence-corrected chi connectivity index (χ0v) is 17.9. The van der Waals surface area contributed by atoms with E-state index < -0.39 is 35.5 Å². The van der Waals surface area contributed by atoms with Crippen molar-refractivity contribution in [3.63, 3.8) is 0 Å². The lowest BCUT2D eigenvalue weighted by Crippen LogP contribution is -2.29. The number of halogens is 2. The van der Waals surface area contributed by atoms with Crippen LogP contribution in [0.5, 0.6) is 5.75 Å². The van der Waals surface area contributed by atoms with E-state index in [0.29, 0.717) is 26.1 Å². The highest BCUT2D eigenvalue weighted by atomic mass is 19.1. The average Bonchev–Trinajstić information content (AvgIpc) is 2.72. The summed E-state index contributed by atoms with van der Waals surface area (Å²) >= 11 is 0. The summed E-state index contributed by atoms with van der Waals surface area (Å²) < 4.78 is 52.6. The van der Waals surface area contributed by atoms with Gasteiger partial charge in [-0.3, -0.25) is 4.79 Å². The van der Waals surface area contributed by atoms with Gasteiger partial charge < -0.3 is 24.3 Å². The lowest BCUT2D eigenvalue weighted by Gasteiger charge is -2.26. The van der Waals surface area contributed by atoms with Crippen LogP contribution in [-0.4, -0.2) is 31.7 Å². The Morgan fingerprint density at radius 1 is 1.07 bits per heavy atom. The van der Waals surface area contributed by atoms with Gasteiger partial charge in [0.2, 0.25) is 5.91 Å². The lowest BCUT2D eigenvalue weighted by atomic mass is 9.95. The Balaban J connectivity index is 1.85. The first kappa shape index (κ1) is 22.9. The summed E-state index contributed by atoms with van der Waals surface area (Å²) in [5.41, 5.74) is -1.20. The first-order valence-electron chi connectivity index (χ1n) is 10.6. The summed E-state index contributed by atoms with van der Waals surface area (Å²) in [6.07, 6.45) is 3.86. The molecule has 2 heterocycles. The fraction of sp³-hybridized carbons (Fsp3) is 0.682. The second-order valence-electron chi connectivity index (χ2n) is 8.75. The molecule has 8 heteroatoms. The largest absolute Gasteiger partial charge is 0.462 e. The molecule has 0 aromatic heterocycles. The number of hydrogen-bond donors (Lipinski definition) is 1. The molecule has 6 nitrogen and oxygen atoms in total. The highest BCUT2D eigenvalue weighted by Gasteiger charge is 2.28. The van der Waals surface area contributed by atoms with Crippen molar-refractivity contribution in [3.05, 3.63) is 23.3 Å². The van der Waals surface area contributed by atoms with Gasteiger partial charge in [0.1, 0.15) is 0 Å². The average molecular weight is 427 g/mol. The van der Waals surface area contributed by atoms with Gasteiger partial charge in [-0.25, -0.2) is 8.78 Å². The molecule has 2 saturated heterocycles. The van der Waals surface area contributed by atoms with Crippen LogP contribution in [0.4, 0.5) is 14.5 Å². The van der Waals surface area contributed by atoms with Crippen molar-refractivity contribution in [1.82, 2.24) is 0 Å². The number of ether oxygens (including phenoxy) is 4. The lowest BCUT2D eigenvalue weighted by molar-refractivity contribution is -0.169. The standard InChI is InChI=1S/C22H31F2NO5/c1-22(2,3)21(26)25-15-12-16(30-18-9-5-7-11-28-18)20(24)14(19(15)23)13-29-17-8-4-6-10-27-17/h12,17-18H,4-11,13H2,1-3H3,(H,25,26). The highest BCUT2D eigenvalue weighted by molar-refractivity contribution is 5.94. The molecular formula is C22H31F2NO5. The number of hydrogen-bond acceptors (Lipinski definition) is 5. The fourth-order valence-electron chi connectivity index (χ4n) is 3.24. The third-order valence-electron chi connectivity index (χ3n) is 5.14. The molecular weight excluding hydrogens is 396 g/mol. The molecule has 2 atom stereocenters. The van der Waals surface area contributed by atoms with Crippen LogP contribution in [0.15, 0.2) is 6.07 Å². The van der Waals surface area contributed by atoms with Gasteiger partial charge in [-0.15, -0.1) is 0 Å². The van der Waals surface area contributed by atoms with Crippen molar-refractivity contribution in [1.29, 1.82) is 0 Å². The van der Waals surface area contributed by atoms with Gasteiger partial charge >= 0.3 is 0 Å². The van der Waals surface area contributed by atoms with E-state index >= 15 is 8.78 Å². The van der Waals surface area contributed by atoms with Crippen LogP contribution < -0.4 is 10.1 Å². The quantitative estimate of drug-likeness (QED) is 0.700. The Labute approximate surface area is 176 Å². The number of rotatable bonds is 6. The van der Waals surface area contributed by atoms with E-state index in [1.807, 2.05) is 0 Å². The summed E-state index contributed by atoms with van der Waals surface area (Å²) in [4.78, 5) is 12.4. The highest BCUT2D eigenvalue weighted by Crippen LogP contribution is 2.33. The molecule has 1 N–H and O–H groups in total. The maximum Gasteiger partial charge on any atom is 0.229 e. The number of carbonyl (C=O) groups excluding carboxylic acids is 1. The molecule has 2 unspecified atom stereocenters. The Morgan fingerprint density at radius 3 is 2.27 bits per heavy atom. The molecule has 1 amide bonds. The number of benzene rings is 1. The van der Waals surface area contributed by atoms with Crippen LogP contribution in [0.1, 0.15) is 64.9 Å². The van der Waals surface area contributed by atoms with Gasteiger partial charge in [-0.05, 0) is 32.1 Å². The summed E-state index contributed by atoms with van der Waals surface area (Å²) in [6, 6.07) is 1.17. The Hall–Kier alpha value is -1.77. The van der Waals surface area contributed by atoms with Crippen LogP contribution >= 0.6 is 0 Å². The molecule has 1 aromatic carbocycles. The topological polar surface area (TPSA) is 66.0 Å². The molecule has 0 radical (unpaired) electrons. The Morgan fingerprint density at radius 2 is 1.70 bits per heavy atom. The number of anilines is 1. The van der Waals surface area contributed by atoms with E-state index in [1.54, 1.807) is 20.8 Å². The molecule has 2 aliphatic rings. The maximum absolute atomic E-state index is 15.1. The third kappa shape index (κ3) is 5.89. The van der Waals surface area contributed by atoms with E-state index in [0.717, 1.165) is 25.7 Å². The molecule has 0 spiro atoms. The monoisotopic (exact) mass is 427 g/mol. The molecule has 3 rings (SSSR count). The Kier molecular flexibility index (Phi) is 7.65. The minimum Gasteiger partial charge on any atom is -0.462 e. The van der Waals surface area contributed by atoms with Gasteiger partial charge in [-0.2, -0.15) is 0 Å². The van der Waals surface area contributed by atoms with Crippen LogP contribution in [0.25, 0.3) is 0 Å². The summed E-state index contributed by atoms with van der Waals surface area (Å²) in [7, 11) is 0. The van der Waals surface area contributed by atoms with Crippen molar-refractivity contribution in [3.8, 4) is 5.75 Å². The zero-order chi connectivity index (χ0) is 21.7. The van der Waals surface area contributed by atoms with Gasteiger partial charge in [0.15, 0.2) is 30.0 Å². The van der Waals surface area contributed by atoms with E-state index in [-0.39, 0.29) is 23.6 Å². The van der Waals surface area contributed by atoms with Gasteiger partial charge in [0, 0.05) is 24.5 Å². The van der Waals surface area contributed by atoms with Crippen molar-refractivity contribution in [2.45, 2.75) is 78.5 Å². The molecule has 30 heavy (non-hydrogen) atoms. The van der Waals surface area contributed by atoms with Crippen molar-refractivity contribution in [2.24, 2.45) is 5.41 Å². The summed E-state index contributed by atoms with van der Waals surface area (Å²) in [5.74, 6) is -2.30. The van der Waals surface area contributed by atoms with Gasteiger partial charge in [0.25, 0.3) is 0 Å². The van der Waals surface area contributed by atoms with E-state index in [2.05, 4.69) is 5.32 Å². The van der Waals surface area contributed by atoms with Crippen LogP contribution in [0.3, 0.4) is 0 Å². The van der Waals surface area contributed by atoms with Crippen molar-refractivity contribution >= 4 is 11.6 Å². The predicted octanol–water partition coefficient (Wildman–Crippen LogP) is 4.90. The summed E-state index contributed by atoms with van der Waals surface area (Å²) in [5, 5.41) is 2.55. The van der Waals surface area contributed by atoms with Gasteiger partial charge in [-0.1, -0.05) is 20.8 Å². The van der Waals surface area contributed by atoms with Gasteiger partial charge in [0.05, 0.1) is 24.5 Å². The Bertz CT molecular complexity index is 738.